The second-order valence-electron chi connectivity index (χ2n) is 5.96. The van der Waals surface area contributed by atoms with Gasteiger partial charge in [-0.25, -0.2) is 0 Å². The van der Waals surface area contributed by atoms with E-state index in [-0.39, 0.29) is 23.4 Å². The summed E-state index contributed by atoms with van der Waals surface area (Å²) in [4.78, 5) is 37.0. The highest BCUT2D eigenvalue weighted by atomic mass is 32.1. The van der Waals surface area contributed by atoms with Crippen molar-refractivity contribution in [2.24, 2.45) is 5.92 Å². The molecule has 0 unspecified atom stereocenters. The molecule has 1 aromatic heterocycles. The third-order valence-corrected chi connectivity index (χ3v) is 5.15. The molecule has 136 valence electrons. The molecule has 0 saturated carbocycles. The number of thiophene rings is 1. The van der Waals surface area contributed by atoms with Crippen LogP contribution in [0.15, 0.2) is 35.7 Å². The maximum absolute atomic E-state index is 13.4. The van der Waals surface area contributed by atoms with Crippen molar-refractivity contribution in [3.63, 3.8) is 0 Å². The van der Waals surface area contributed by atoms with Crippen molar-refractivity contribution in [1.29, 1.82) is 0 Å². The third-order valence-electron chi connectivity index (χ3n) is 4.30. The molecule has 2 heterocycles. The highest BCUT2D eigenvalue weighted by Gasteiger charge is 2.28. The summed E-state index contributed by atoms with van der Waals surface area (Å²) in [6.45, 7) is 0.941. The standard InChI is InChI=1S/C17H16FN3O4S/c18-13-4-3-12(10-14(13)21(24)25)19-16(22)11-5-7-20(8-6-11)17(23)15-2-1-9-26-15/h1-4,9-11H,5-8H2,(H,19,22). The van der Waals surface area contributed by atoms with Crippen LogP contribution in [0.3, 0.4) is 0 Å². The quantitative estimate of drug-likeness (QED) is 0.654. The number of carbonyl (C=O) groups is 2. The van der Waals surface area contributed by atoms with Crippen LogP contribution in [0.1, 0.15) is 22.5 Å². The molecule has 9 heteroatoms. The number of carbonyl (C=O) groups excluding carboxylic acids is 2. The number of amides is 2. The Morgan fingerprint density at radius 1 is 1.27 bits per heavy atom. The van der Waals surface area contributed by atoms with Crippen molar-refractivity contribution in [3.05, 3.63) is 56.5 Å². The normalized spacial score (nSPS) is 14.9. The van der Waals surface area contributed by atoms with Gasteiger partial charge in [0.15, 0.2) is 0 Å². The van der Waals surface area contributed by atoms with Crippen LogP contribution in [0, 0.1) is 21.8 Å². The predicted molar refractivity (Wildman–Crippen MR) is 94.6 cm³/mol. The smallest absolute Gasteiger partial charge is 0.306 e. The maximum atomic E-state index is 13.4. The number of hydrogen-bond acceptors (Lipinski definition) is 5. The second kappa shape index (κ2) is 7.61. The zero-order valence-electron chi connectivity index (χ0n) is 13.7. The zero-order valence-corrected chi connectivity index (χ0v) is 14.5. The number of likely N-dealkylation sites (tertiary alicyclic amines) is 1. The molecule has 1 N–H and O–H groups in total. The number of rotatable bonds is 4. The number of piperidine rings is 1. The molecule has 0 atom stereocenters. The summed E-state index contributed by atoms with van der Waals surface area (Å²) in [5, 5.41) is 15.2. The molecule has 0 aliphatic carbocycles. The molecule has 26 heavy (non-hydrogen) atoms. The van der Waals surface area contributed by atoms with Gasteiger partial charge in [0.05, 0.1) is 9.80 Å². The lowest BCUT2D eigenvalue weighted by Gasteiger charge is -2.31. The Morgan fingerprint density at radius 3 is 2.62 bits per heavy atom. The molecule has 2 amide bonds. The van der Waals surface area contributed by atoms with E-state index < -0.39 is 16.4 Å². The largest absolute Gasteiger partial charge is 0.338 e. The van der Waals surface area contributed by atoms with Crippen molar-refractivity contribution >= 4 is 34.5 Å². The summed E-state index contributed by atoms with van der Waals surface area (Å²) in [6, 6.07) is 6.83. The molecule has 7 nitrogen and oxygen atoms in total. The minimum atomic E-state index is -0.951. The van der Waals surface area contributed by atoms with Gasteiger partial charge in [0, 0.05) is 30.8 Å². The second-order valence-corrected chi connectivity index (χ2v) is 6.90. The molecule has 1 fully saturated rings. The predicted octanol–water partition coefficient (Wildman–Crippen LogP) is 3.29. The van der Waals surface area contributed by atoms with Crippen LogP contribution in [-0.2, 0) is 4.79 Å². The first-order chi connectivity index (χ1) is 12.5. The van der Waals surface area contributed by atoms with E-state index in [4.69, 9.17) is 0 Å². The SMILES string of the molecule is O=C(Nc1ccc(F)c([N+](=O)[O-])c1)C1CCN(C(=O)c2cccs2)CC1. The Hall–Kier alpha value is -2.81. The fraction of sp³-hybridized carbons (Fsp3) is 0.294. The molecule has 0 bridgehead atoms. The number of benzene rings is 1. The summed E-state index contributed by atoms with van der Waals surface area (Å²) in [5.74, 6) is -1.57. The number of nitro groups is 1. The van der Waals surface area contributed by atoms with Crippen molar-refractivity contribution in [2.75, 3.05) is 18.4 Å². The number of hydrogen-bond donors (Lipinski definition) is 1. The molecule has 1 aromatic carbocycles. The van der Waals surface area contributed by atoms with E-state index >= 15 is 0 Å². The van der Waals surface area contributed by atoms with Crippen molar-refractivity contribution in [2.45, 2.75) is 12.8 Å². The summed E-state index contributed by atoms with van der Waals surface area (Å²) in [7, 11) is 0. The van der Waals surface area contributed by atoms with Crippen molar-refractivity contribution in [3.8, 4) is 0 Å². The Labute approximate surface area is 152 Å². The Morgan fingerprint density at radius 2 is 2.00 bits per heavy atom. The van der Waals surface area contributed by atoms with E-state index in [0.717, 1.165) is 12.1 Å². The number of nitrogens with one attached hydrogen (secondary N) is 1. The molecular weight excluding hydrogens is 361 g/mol. The first kappa shape index (κ1) is 18.0. The van der Waals surface area contributed by atoms with E-state index in [2.05, 4.69) is 5.32 Å². The van der Waals surface area contributed by atoms with Crippen LogP contribution in [0.4, 0.5) is 15.8 Å². The van der Waals surface area contributed by atoms with Gasteiger partial charge in [0.1, 0.15) is 0 Å². The highest BCUT2D eigenvalue weighted by molar-refractivity contribution is 7.12. The molecular formula is C17H16FN3O4S. The molecule has 3 rings (SSSR count). The molecule has 2 aromatic rings. The minimum Gasteiger partial charge on any atom is -0.338 e. The van der Waals surface area contributed by atoms with Crippen LogP contribution in [0.5, 0.6) is 0 Å². The molecule has 1 aliphatic rings. The lowest BCUT2D eigenvalue weighted by Crippen LogP contribution is -2.41. The molecule has 1 saturated heterocycles. The van der Waals surface area contributed by atoms with Crippen molar-refractivity contribution in [1.82, 2.24) is 4.90 Å². The van der Waals surface area contributed by atoms with E-state index in [1.165, 1.54) is 17.4 Å². The average molecular weight is 377 g/mol. The fourth-order valence-corrected chi connectivity index (χ4v) is 3.57. The Bertz CT molecular complexity index is 833. The third kappa shape index (κ3) is 3.88. The number of halogens is 1. The van der Waals surface area contributed by atoms with Gasteiger partial charge >= 0.3 is 5.69 Å². The first-order valence-corrected chi connectivity index (χ1v) is 8.91. The monoisotopic (exact) mass is 377 g/mol. The lowest BCUT2D eigenvalue weighted by molar-refractivity contribution is -0.387. The van der Waals surface area contributed by atoms with Gasteiger partial charge in [-0.1, -0.05) is 6.07 Å². The first-order valence-electron chi connectivity index (χ1n) is 8.03. The highest BCUT2D eigenvalue weighted by Crippen LogP contribution is 2.25. The number of anilines is 1. The van der Waals surface area contributed by atoms with Gasteiger partial charge in [0.25, 0.3) is 5.91 Å². The summed E-state index contributed by atoms with van der Waals surface area (Å²) >= 11 is 1.38. The molecule has 1 aliphatic heterocycles. The van der Waals surface area contributed by atoms with Crippen LogP contribution in [0.25, 0.3) is 0 Å². The van der Waals surface area contributed by atoms with Gasteiger partial charge in [0.2, 0.25) is 11.7 Å². The van der Waals surface area contributed by atoms with Crippen LogP contribution in [-0.4, -0.2) is 34.7 Å². The van der Waals surface area contributed by atoms with E-state index in [1.54, 1.807) is 11.0 Å². The van der Waals surface area contributed by atoms with Gasteiger partial charge in [-0.15, -0.1) is 11.3 Å². The average Bonchev–Trinajstić information content (AvgIpc) is 3.17. The maximum Gasteiger partial charge on any atom is 0.306 e. The van der Waals surface area contributed by atoms with Gasteiger partial charge in [-0.05, 0) is 36.4 Å². The zero-order chi connectivity index (χ0) is 18.7. The molecule has 0 radical (unpaired) electrons. The van der Waals surface area contributed by atoms with Gasteiger partial charge in [-0.3, -0.25) is 19.7 Å². The minimum absolute atomic E-state index is 0.0342. The van der Waals surface area contributed by atoms with Gasteiger partial charge in [-0.2, -0.15) is 4.39 Å². The van der Waals surface area contributed by atoms with E-state index in [0.29, 0.717) is 30.8 Å². The van der Waals surface area contributed by atoms with Crippen LogP contribution >= 0.6 is 11.3 Å². The van der Waals surface area contributed by atoms with E-state index in [9.17, 15) is 24.1 Å². The fourth-order valence-electron chi connectivity index (χ4n) is 2.88. The number of nitrogens with zero attached hydrogens (tertiary/aromatic N) is 2. The number of nitro benzene ring substituents is 1. The van der Waals surface area contributed by atoms with E-state index in [1.807, 2.05) is 11.4 Å². The topological polar surface area (TPSA) is 92.5 Å². The van der Waals surface area contributed by atoms with Crippen molar-refractivity contribution < 1.29 is 18.9 Å². The summed E-state index contributed by atoms with van der Waals surface area (Å²) in [5.41, 5.74) is -0.501. The lowest BCUT2D eigenvalue weighted by atomic mass is 9.95. The van der Waals surface area contributed by atoms with Crippen LogP contribution in [0.2, 0.25) is 0 Å². The summed E-state index contributed by atoms with van der Waals surface area (Å²) < 4.78 is 13.4. The Kier molecular flexibility index (Phi) is 5.27. The van der Waals surface area contributed by atoms with Crippen LogP contribution < -0.4 is 5.32 Å². The Balaban J connectivity index is 1.58. The van der Waals surface area contributed by atoms with Gasteiger partial charge < -0.3 is 10.2 Å². The molecule has 0 spiro atoms. The summed E-state index contributed by atoms with van der Waals surface area (Å²) in [6.07, 6.45) is 1.01.